The fourth-order valence-corrected chi connectivity index (χ4v) is 2.58. The molecule has 0 unspecified atom stereocenters. The lowest BCUT2D eigenvalue weighted by Crippen LogP contribution is -2.21. The van der Waals surface area contributed by atoms with E-state index in [1.165, 1.54) is 5.56 Å². The molecule has 0 saturated carbocycles. The number of benzene rings is 2. The number of aliphatic carboxylic acids is 1. The highest BCUT2D eigenvalue weighted by Crippen LogP contribution is 2.40. The Kier molecular flexibility index (Phi) is 7.11. The molecule has 0 aliphatic carbocycles. The van der Waals surface area contributed by atoms with Gasteiger partial charge < -0.3 is 24.6 Å². The van der Waals surface area contributed by atoms with Crippen LogP contribution >= 0.6 is 0 Å². The first kappa shape index (κ1) is 21.4. The van der Waals surface area contributed by atoms with Crippen molar-refractivity contribution in [3.63, 3.8) is 0 Å². The summed E-state index contributed by atoms with van der Waals surface area (Å²) in [4.78, 5) is 8.90. The van der Waals surface area contributed by atoms with Crippen molar-refractivity contribution in [2.24, 2.45) is 0 Å². The second-order valence-electron chi connectivity index (χ2n) is 5.69. The number of hydrogen-bond acceptors (Lipinski definition) is 5. The zero-order valence-corrected chi connectivity index (χ0v) is 15.3. The van der Waals surface area contributed by atoms with Crippen molar-refractivity contribution in [1.82, 2.24) is 5.32 Å². The molecule has 152 valence electrons. The molecule has 0 spiro atoms. The van der Waals surface area contributed by atoms with Gasteiger partial charge in [0.15, 0.2) is 0 Å². The van der Waals surface area contributed by atoms with Crippen LogP contribution < -0.4 is 19.5 Å². The van der Waals surface area contributed by atoms with Crippen molar-refractivity contribution in [3.8, 4) is 28.4 Å². The maximum Gasteiger partial charge on any atom is 0.490 e. The molecule has 1 heterocycles. The van der Waals surface area contributed by atoms with E-state index in [2.05, 4.69) is 17.4 Å². The predicted octanol–water partition coefficient (Wildman–Crippen LogP) is 3.49. The number of carbonyl (C=O) groups is 1. The van der Waals surface area contributed by atoms with Gasteiger partial charge in [0.05, 0.1) is 14.2 Å². The van der Waals surface area contributed by atoms with Crippen molar-refractivity contribution < 1.29 is 37.3 Å². The molecule has 0 aromatic heterocycles. The molecule has 2 N–H and O–H groups in total. The van der Waals surface area contributed by atoms with E-state index >= 15 is 0 Å². The maximum atomic E-state index is 10.6. The van der Waals surface area contributed by atoms with E-state index in [1.54, 1.807) is 14.2 Å². The van der Waals surface area contributed by atoms with E-state index in [9.17, 15) is 13.2 Å². The molecule has 0 radical (unpaired) electrons. The van der Waals surface area contributed by atoms with Gasteiger partial charge in [-0.2, -0.15) is 13.2 Å². The minimum Gasteiger partial charge on any atom is -0.497 e. The van der Waals surface area contributed by atoms with Crippen molar-refractivity contribution in [1.29, 1.82) is 0 Å². The Labute approximate surface area is 159 Å². The number of ether oxygens (including phenoxy) is 3. The highest BCUT2D eigenvalue weighted by atomic mass is 19.4. The van der Waals surface area contributed by atoms with Gasteiger partial charge in [-0.05, 0) is 12.1 Å². The van der Waals surface area contributed by atoms with Crippen LogP contribution in [0.4, 0.5) is 13.2 Å². The van der Waals surface area contributed by atoms with Gasteiger partial charge in [0.1, 0.15) is 23.9 Å². The van der Waals surface area contributed by atoms with E-state index in [1.807, 2.05) is 24.3 Å². The number of alkyl halides is 3. The van der Waals surface area contributed by atoms with E-state index in [4.69, 9.17) is 24.1 Å². The van der Waals surface area contributed by atoms with Gasteiger partial charge >= 0.3 is 12.1 Å². The number of fused-ring (bicyclic) bond motifs is 1. The third kappa shape index (κ3) is 5.29. The number of halogens is 3. The monoisotopic (exact) mass is 399 g/mol. The van der Waals surface area contributed by atoms with Gasteiger partial charge in [-0.15, -0.1) is 0 Å². The number of nitrogens with one attached hydrogen (secondary N) is 1. The Morgan fingerprint density at radius 2 is 1.86 bits per heavy atom. The maximum absolute atomic E-state index is 10.6. The first-order valence-electron chi connectivity index (χ1n) is 8.25. The molecule has 1 aliphatic rings. The number of rotatable bonds is 3. The summed E-state index contributed by atoms with van der Waals surface area (Å²) in [5.41, 5.74) is 3.23. The number of carboxylic acid groups (broad SMARTS) is 1. The van der Waals surface area contributed by atoms with Gasteiger partial charge in [-0.1, -0.05) is 18.2 Å². The van der Waals surface area contributed by atoms with Gasteiger partial charge in [-0.3, -0.25) is 0 Å². The molecular formula is C19H20F3NO5. The molecule has 0 amide bonds. The van der Waals surface area contributed by atoms with Crippen LogP contribution in [-0.4, -0.2) is 44.6 Å². The molecule has 2 aromatic rings. The van der Waals surface area contributed by atoms with Gasteiger partial charge in [-0.25, -0.2) is 4.79 Å². The molecule has 2 aromatic carbocycles. The molecular weight excluding hydrogens is 379 g/mol. The first-order chi connectivity index (χ1) is 13.3. The van der Waals surface area contributed by atoms with E-state index in [0.29, 0.717) is 6.61 Å². The fourth-order valence-electron chi connectivity index (χ4n) is 2.58. The lowest BCUT2D eigenvalue weighted by Gasteiger charge is -2.16. The summed E-state index contributed by atoms with van der Waals surface area (Å²) in [6, 6.07) is 12.0. The van der Waals surface area contributed by atoms with Crippen molar-refractivity contribution >= 4 is 5.97 Å². The summed E-state index contributed by atoms with van der Waals surface area (Å²) in [5, 5.41) is 10.5. The average molecular weight is 399 g/mol. The van der Waals surface area contributed by atoms with Crippen LogP contribution in [0.1, 0.15) is 5.56 Å². The summed E-state index contributed by atoms with van der Waals surface area (Å²) in [5.74, 6) is -0.262. The van der Waals surface area contributed by atoms with Crippen LogP contribution in [0.25, 0.3) is 11.1 Å². The first-order valence-corrected chi connectivity index (χ1v) is 8.25. The number of methoxy groups -OCH3 is 2. The normalized spacial score (nSPS) is 13.2. The molecule has 0 bridgehead atoms. The highest BCUT2D eigenvalue weighted by Gasteiger charge is 2.38. The predicted molar refractivity (Wildman–Crippen MR) is 95.9 cm³/mol. The summed E-state index contributed by atoms with van der Waals surface area (Å²) < 4.78 is 48.4. The Balaban J connectivity index is 0.000000345. The minimum absolute atomic E-state index is 0.669. The van der Waals surface area contributed by atoms with E-state index in [0.717, 1.165) is 41.5 Å². The van der Waals surface area contributed by atoms with Crippen LogP contribution in [-0.2, 0) is 11.3 Å². The number of hydrogen-bond donors (Lipinski definition) is 2. The second-order valence-corrected chi connectivity index (χ2v) is 5.69. The number of carboxylic acids is 1. The fraction of sp³-hybridized carbons (Fsp3) is 0.316. The Hall–Kier alpha value is -2.94. The van der Waals surface area contributed by atoms with E-state index < -0.39 is 12.1 Å². The van der Waals surface area contributed by atoms with Gasteiger partial charge in [0.2, 0.25) is 0 Å². The zero-order valence-electron chi connectivity index (χ0n) is 15.3. The molecule has 1 aliphatic heterocycles. The zero-order chi connectivity index (χ0) is 20.7. The topological polar surface area (TPSA) is 77.0 Å². The van der Waals surface area contributed by atoms with Crippen LogP contribution in [0.3, 0.4) is 0 Å². The van der Waals surface area contributed by atoms with Gasteiger partial charge in [0.25, 0.3) is 0 Å². The molecule has 3 rings (SSSR count). The molecule has 6 nitrogen and oxygen atoms in total. The molecule has 0 fully saturated rings. The van der Waals surface area contributed by atoms with Crippen molar-refractivity contribution in [2.75, 3.05) is 27.4 Å². The standard InChI is InChI=1S/C17H19NO3.C2HF3O2/c1-19-13-6-7-14(16(10-13)20-2)15-5-3-4-12-11-18-8-9-21-17(12)15;3-2(4,5)1(6)7/h3-7,10,18H,8-9,11H2,1-2H3;(H,6,7). The molecule has 0 saturated heterocycles. The Bertz CT molecular complexity index is 824. The van der Waals surface area contributed by atoms with Gasteiger partial charge in [0, 0.05) is 35.8 Å². The molecule has 9 heteroatoms. The Morgan fingerprint density at radius 3 is 2.46 bits per heavy atom. The Morgan fingerprint density at radius 1 is 1.14 bits per heavy atom. The molecule has 0 atom stereocenters. The third-order valence-corrected chi connectivity index (χ3v) is 3.88. The highest BCUT2D eigenvalue weighted by molar-refractivity contribution is 5.78. The summed E-state index contributed by atoms with van der Waals surface area (Å²) in [7, 11) is 3.32. The minimum atomic E-state index is -5.08. The summed E-state index contributed by atoms with van der Waals surface area (Å²) in [6.07, 6.45) is -5.08. The smallest absolute Gasteiger partial charge is 0.490 e. The van der Waals surface area contributed by atoms with Crippen LogP contribution in [0.15, 0.2) is 36.4 Å². The van der Waals surface area contributed by atoms with Crippen LogP contribution in [0, 0.1) is 0 Å². The second kappa shape index (κ2) is 9.32. The SMILES string of the molecule is COc1ccc(-c2cccc3c2OCCNC3)c(OC)c1.O=C(O)C(F)(F)F. The molecule has 28 heavy (non-hydrogen) atoms. The lowest BCUT2D eigenvalue weighted by atomic mass is 10.00. The number of para-hydroxylation sites is 1. The van der Waals surface area contributed by atoms with Crippen LogP contribution in [0.5, 0.6) is 17.2 Å². The van der Waals surface area contributed by atoms with Crippen molar-refractivity contribution in [3.05, 3.63) is 42.0 Å². The quantitative estimate of drug-likeness (QED) is 0.823. The summed E-state index contributed by atoms with van der Waals surface area (Å²) >= 11 is 0. The lowest BCUT2D eigenvalue weighted by molar-refractivity contribution is -0.192. The van der Waals surface area contributed by atoms with Crippen molar-refractivity contribution in [2.45, 2.75) is 12.7 Å². The average Bonchev–Trinajstić information content (AvgIpc) is 2.92. The third-order valence-electron chi connectivity index (χ3n) is 3.88. The summed E-state index contributed by atoms with van der Waals surface area (Å²) in [6.45, 7) is 2.35. The largest absolute Gasteiger partial charge is 0.497 e. The van der Waals surface area contributed by atoms with Crippen LogP contribution in [0.2, 0.25) is 0 Å². The van der Waals surface area contributed by atoms with E-state index in [-0.39, 0.29) is 0 Å².